The van der Waals surface area contributed by atoms with Gasteiger partial charge in [-0.15, -0.1) is 0 Å². The molecule has 0 radical (unpaired) electrons. The molecule has 0 saturated carbocycles. The maximum Gasteiger partial charge on any atom is 0.187 e. The Balaban J connectivity index is 1.45. The van der Waals surface area contributed by atoms with Gasteiger partial charge in [0.1, 0.15) is 0 Å². The lowest BCUT2D eigenvalue weighted by Gasteiger charge is -2.46. The summed E-state index contributed by atoms with van der Waals surface area (Å²) in [6, 6.07) is 20.9. The number of benzene rings is 2. The summed E-state index contributed by atoms with van der Waals surface area (Å²) in [5.41, 5.74) is 2.63. The van der Waals surface area contributed by atoms with Crippen molar-refractivity contribution in [3.05, 3.63) is 72.4 Å². The van der Waals surface area contributed by atoms with Crippen LogP contribution in [0.2, 0.25) is 0 Å². The number of ether oxygens (including phenoxy) is 1. The molecule has 0 aromatic heterocycles. The molecule has 2 aromatic rings. The van der Waals surface area contributed by atoms with Gasteiger partial charge >= 0.3 is 0 Å². The van der Waals surface area contributed by atoms with Crippen molar-refractivity contribution in [3.63, 3.8) is 0 Å². The van der Waals surface area contributed by atoms with Crippen molar-refractivity contribution in [2.75, 3.05) is 57.4 Å². The number of morpholine rings is 1. The standard InChI is InChI=1S/C26H34N3O2P/c30-32(24-11-5-2-6-12-24,26-14-8-7-13-25(26)28-19-21-31-22-20-28)29-17-15-27(16-18-29)23-9-3-1-4-10-23/h1-6,9-13,26H,7-8,14-22H2. The summed E-state index contributed by atoms with van der Waals surface area (Å²) in [7, 11) is -2.81. The number of piperazine rings is 1. The predicted molar refractivity (Wildman–Crippen MR) is 132 cm³/mol. The maximum atomic E-state index is 15.2. The number of nitrogens with zero attached hydrogens (tertiary/aromatic N) is 3. The average Bonchev–Trinajstić information content (AvgIpc) is 2.90. The molecule has 0 amide bonds. The van der Waals surface area contributed by atoms with Crippen LogP contribution in [0.5, 0.6) is 0 Å². The second-order valence-electron chi connectivity index (χ2n) is 8.91. The number of hydrogen-bond acceptors (Lipinski definition) is 4. The number of anilines is 1. The molecule has 3 aliphatic rings. The van der Waals surface area contributed by atoms with Crippen LogP contribution in [0.3, 0.4) is 0 Å². The van der Waals surface area contributed by atoms with Gasteiger partial charge in [0.15, 0.2) is 7.29 Å². The van der Waals surface area contributed by atoms with Crippen LogP contribution in [0.4, 0.5) is 5.69 Å². The molecular weight excluding hydrogens is 417 g/mol. The van der Waals surface area contributed by atoms with Crippen molar-refractivity contribution in [3.8, 4) is 0 Å². The number of allylic oxidation sites excluding steroid dienone is 2. The van der Waals surface area contributed by atoms with Crippen molar-refractivity contribution < 1.29 is 9.30 Å². The molecule has 170 valence electrons. The van der Waals surface area contributed by atoms with E-state index in [0.29, 0.717) is 0 Å². The number of para-hydroxylation sites is 1. The van der Waals surface area contributed by atoms with Crippen LogP contribution < -0.4 is 10.2 Å². The molecule has 2 aromatic carbocycles. The summed E-state index contributed by atoms with van der Waals surface area (Å²) in [4.78, 5) is 4.87. The fourth-order valence-corrected chi connectivity index (χ4v) is 9.05. The Labute approximate surface area is 192 Å². The monoisotopic (exact) mass is 451 g/mol. The topological polar surface area (TPSA) is 36.0 Å². The van der Waals surface area contributed by atoms with Gasteiger partial charge in [0, 0.05) is 56.0 Å². The summed E-state index contributed by atoms with van der Waals surface area (Å²) >= 11 is 0. The summed E-state index contributed by atoms with van der Waals surface area (Å²) in [6.07, 6.45) is 5.56. The summed E-state index contributed by atoms with van der Waals surface area (Å²) < 4.78 is 23.2. The van der Waals surface area contributed by atoms with Crippen LogP contribution in [-0.2, 0) is 9.30 Å². The zero-order valence-electron chi connectivity index (χ0n) is 18.8. The van der Waals surface area contributed by atoms with E-state index in [0.717, 1.165) is 77.0 Å². The van der Waals surface area contributed by atoms with Gasteiger partial charge in [-0.05, 0) is 31.4 Å². The van der Waals surface area contributed by atoms with Crippen molar-refractivity contribution in [2.24, 2.45) is 0 Å². The highest BCUT2D eigenvalue weighted by atomic mass is 31.2. The maximum absolute atomic E-state index is 15.2. The van der Waals surface area contributed by atoms with Gasteiger partial charge in [0.05, 0.1) is 18.9 Å². The summed E-state index contributed by atoms with van der Waals surface area (Å²) in [6.45, 7) is 6.79. The first kappa shape index (κ1) is 21.8. The average molecular weight is 452 g/mol. The zero-order valence-corrected chi connectivity index (χ0v) is 19.7. The van der Waals surface area contributed by atoms with E-state index in [1.807, 2.05) is 18.2 Å². The van der Waals surface area contributed by atoms with E-state index >= 15 is 4.57 Å². The molecule has 2 unspecified atom stereocenters. The Morgan fingerprint density at radius 1 is 0.781 bits per heavy atom. The fourth-order valence-electron chi connectivity index (χ4n) is 5.43. The zero-order chi connectivity index (χ0) is 21.8. The van der Waals surface area contributed by atoms with Gasteiger partial charge in [-0.25, -0.2) is 4.67 Å². The predicted octanol–water partition coefficient (Wildman–Crippen LogP) is 4.18. The Hall–Kier alpha value is -2.07. The van der Waals surface area contributed by atoms with Crippen LogP contribution in [0.25, 0.3) is 0 Å². The lowest BCUT2D eigenvalue weighted by atomic mass is 10.0. The van der Waals surface area contributed by atoms with Crippen LogP contribution in [-0.4, -0.2) is 67.7 Å². The van der Waals surface area contributed by atoms with E-state index in [9.17, 15) is 0 Å². The van der Waals surface area contributed by atoms with E-state index in [2.05, 4.69) is 63.0 Å². The first-order valence-electron chi connectivity index (χ1n) is 12.0. The second-order valence-corrected chi connectivity index (χ2v) is 11.9. The molecule has 2 fully saturated rings. The third kappa shape index (κ3) is 4.26. The van der Waals surface area contributed by atoms with Crippen LogP contribution in [0.15, 0.2) is 72.4 Å². The lowest BCUT2D eigenvalue weighted by Crippen LogP contribution is -2.49. The lowest BCUT2D eigenvalue weighted by molar-refractivity contribution is 0.0513. The highest BCUT2D eigenvalue weighted by Gasteiger charge is 2.45. The van der Waals surface area contributed by atoms with E-state index in [1.165, 1.54) is 11.4 Å². The molecule has 2 atom stereocenters. The minimum Gasteiger partial charge on any atom is -0.378 e. The highest BCUT2D eigenvalue weighted by molar-refractivity contribution is 7.70. The summed E-state index contributed by atoms with van der Waals surface area (Å²) in [5, 5.41) is 1.01. The molecule has 1 aliphatic carbocycles. The van der Waals surface area contributed by atoms with Crippen molar-refractivity contribution in [1.29, 1.82) is 0 Å². The fraction of sp³-hybridized carbons (Fsp3) is 0.462. The Bertz CT molecular complexity index is 952. The van der Waals surface area contributed by atoms with Gasteiger partial charge in [-0.3, -0.25) is 0 Å². The van der Waals surface area contributed by atoms with Gasteiger partial charge in [-0.2, -0.15) is 0 Å². The van der Waals surface area contributed by atoms with Crippen molar-refractivity contribution in [1.82, 2.24) is 9.57 Å². The summed E-state index contributed by atoms with van der Waals surface area (Å²) in [5.74, 6) is 0. The Kier molecular flexibility index (Phi) is 6.68. The van der Waals surface area contributed by atoms with Gasteiger partial charge in [-0.1, -0.05) is 54.6 Å². The van der Waals surface area contributed by atoms with Crippen molar-refractivity contribution in [2.45, 2.75) is 24.9 Å². The molecule has 0 spiro atoms. The van der Waals surface area contributed by atoms with E-state index in [1.54, 1.807) is 0 Å². The smallest absolute Gasteiger partial charge is 0.187 e. The largest absolute Gasteiger partial charge is 0.378 e. The first-order valence-corrected chi connectivity index (χ1v) is 13.7. The third-order valence-electron chi connectivity index (χ3n) is 7.10. The first-order chi connectivity index (χ1) is 15.8. The number of rotatable bonds is 5. The quantitative estimate of drug-likeness (QED) is 0.638. The molecule has 0 bridgehead atoms. The highest BCUT2D eigenvalue weighted by Crippen LogP contribution is 2.58. The SMILES string of the molecule is O=P(c1ccccc1)(C1CCCC=C1N1CCOCC1)N1CCN(c2ccccc2)CC1. The Morgan fingerprint density at radius 3 is 2.12 bits per heavy atom. The minimum atomic E-state index is -2.81. The van der Waals surface area contributed by atoms with E-state index < -0.39 is 7.29 Å². The minimum absolute atomic E-state index is 0.0695. The molecule has 2 saturated heterocycles. The molecule has 32 heavy (non-hydrogen) atoms. The molecule has 2 heterocycles. The van der Waals surface area contributed by atoms with Crippen LogP contribution in [0, 0.1) is 0 Å². The number of hydrogen-bond donors (Lipinski definition) is 0. The van der Waals surface area contributed by atoms with Crippen LogP contribution in [0.1, 0.15) is 19.3 Å². The third-order valence-corrected chi connectivity index (χ3v) is 10.7. The van der Waals surface area contributed by atoms with Gasteiger partial charge in [0.25, 0.3) is 0 Å². The van der Waals surface area contributed by atoms with Crippen LogP contribution >= 0.6 is 7.29 Å². The van der Waals surface area contributed by atoms with E-state index in [4.69, 9.17) is 4.74 Å². The molecule has 0 N–H and O–H groups in total. The second kappa shape index (κ2) is 9.82. The normalized spacial score (nSPS) is 24.6. The van der Waals surface area contributed by atoms with E-state index in [-0.39, 0.29) is 5.66 Å². The Morgan fingerprint density at radius 2 is 1.44 bits per heavy atom. The van der Waals surface area contributed by atoms with Crippen molar-refractivity contribution >= 4 is 18.3 Å². The molecule has 2 aliphatic heterocycles. The molecule has 5 nitrogen and oxygen atoms in total. The van der Waals surface area contributed by atoms with Gasteiger partial charge < -0.3 is 19.1 Å². The molecular formula is C26H34N3O2P. The van der Waals surface area contributed by atoms with Gasteiger partial charge in [0.2, 0.25) is 0 Å². The molecule has 6 heteroatoms. The molecule has 5 rings (SSSR count).